The van der Waals surface area contributed by atoms with Gasteiger partial charge in [0.05, 0.1) is 5.56 Å². The molecule has 0 aliphatic carbocycles. The molecule has 1 aliphatic rings. The molecule has 1 aromatic rings. The van der Waals surface area contributed by atoms with E-state index in [-0.39, 0.29) is 18.0 Å². The van der Waals surface area contributed by atoms with Crippen LogP contribution in [0, 0.1) is 11.7 Å². The van der Waals surface area contributed by atoms with Gasteiger partial charge >= 0.3 is 12.3 Å². The molecule has 1 heterocycles. The van der Waals surface area contributed by atoms with Crippen molar-refractivity contribution in [3.8, 4) is 0 Å². The predicted molar refractivity (Wildman–Crippen MR) is 93.8 cm³/mol. The van der Waals surface area contributed by atoms with Gasteiger partial charge in [-0.2, -0.15) is 13.2 Å². The average molecular weight is 404 g/mol. The van der Waals surface area contributed by atoms with Crippen molar-refractivity contribution in [1.82, 2.24) is 10.2 Å². The number of alkyl halides is 3. The van der Waals surface area contributed by atoms with E-state index in [1.54, 1.807) is 20.8 Å². The first kappa shape index (κ1) is 22.0. The average Bonchev–Trinajstić information content (AvgIpc) is 2.58. The van der Waals surface area contributed by atoms with Gasteiger partial charge in [0.15, 0.2) is 0 Å². The van der Waals surface area contributed by atoms with Crippen molar-refractivity contribution in [1.29, 1.82) is 0 Å². The molecule has 0 unspecified atom stereocenters. The number of benzene rings is 1. The van der Waals surface area contributed by atoms with E-state index in [9.17, 15) is 27.2 Å². The van der Waals surface area contributed by atoms with Crippen LogP contribution in [0.15, 0.2) is 18.2 Å². The molecule has 0 atom stereocenters. The van der Waals surface area contributed by atoms with Gasteiger partial charge in [-0.05, 0) is 51.3 Å². The Hall–Kier alpha value is -2.32. The minimum Gasteiger partial charge on any atom is -0.444 e. The maximum Gasteiger partial charge on any atom is 0.416 e. The van der Waals surface area contributed by atoms with Gasteiger partial charge in [0.1, 0.15) is 11.4 Å². The van der Waals surface area contributed by atoms with Gasteiger partial charge in [-0.3, -0.25) is 4.79 Å². The molecule has 2 amide bonds. The van der Waals surface area contributed by atoms with E-state index in [2.05, 4.69) is 5.32 Å². The van der Waals surface area contributed by atoms with Gasteiger partial charge in [0.2, 0.25) is 5.91 Å². The summed E-state index contributed by atoms with van der Waals surface area (Å²) in [6.07, 6.45) is -4.38. The molecule has 1 saturated heterocycles. The number of halogens is 4. The Labute approximate surface area is 161 Å². The first-order valence-electron chi connectivity index (χ1n) is 8.98. The van der Waals surface area contributed by atoms with Crippen molar-refractivity contribution in [3.63, 3.8) is 0 Å². The number of nitrogens with zero attached hydrogens (tertiary/aromatic N) is 1. The van der Waals surface area contributed by atoms with E-state index >= 15 is 0 Å². The minimum absolute atomic E-state index is 0.201. The molecular formula is C19H24F4N2O3. The fourth-order valence-electron chi connectivity index (χ4n) is 2.94. The van der Waals surface area contributed by atoms with E-state index in [1.165, 1.54) is 4.90 Å². The smallest absolute Gasteiger partial charge is 0.416 e. The zero-order chi connectivity index (χ0) is 21.1. The van der Waals surface area contributed by atoms with Crippen LogP contribution in [0.1, 0.15) is 44.7 Å². The summed E-state index contributed by atoms with van der Waals surface area (Å²) in [6, 6.07) is 2.36. The number of carbonyl (C=O) groups is 2. The van der Waals surface area contributed by atoms with Crippen molar-refractivity contribution < 1.29 is 31.9 Å². The predicted octanol–water partition coefficient (Wildman–Crippen LogP) is 4.11. The van der Waals surface area contributed by atoms with E-state index in [0.717, 1.165) is 12.1 Å². The summed E-state index contributed by atoms with van der Waals surface area (Å²) >= 11 is 0. The number of piperidine rings is 1. The van der Waals surface area contributed by atoms with Gasteiger partial charge in [-0.15, -0.1) is 0 Å². The number of hydrogen-bond acceptors (Lipinski definition) is 3. The monoisotopic (exact) mass is 404 g/mol. The summed E-state index contributed by atoms with van der Waals surface area (Å²) in [7, 11) is 0. The van der Waals surface area contributed by atoms with Crippen molar-refractivity contribution in [2.45, 2.75) is 51.9 Å². The number of nitrogens with one attached hydrogen (secondary N) is 1. The van der Waals surface area contributed by atoms with E-state index in [0.29, 0.717) is 32.0 Å². The molecular weight excluding hydrogens is 380 g/mol. The minimum atomic E-state index is -4.71. The molecule has 0 radical (unpaired) electrons. The summed E-state index contributed by atoms with van der Waals surface area (Å²) in [4.78, 5) is 25.8. The first-order chi connectivity index (χ1) is 12.9. The summed E-state index contributed by atoms with van der Waals surface area (Å²) in [5.74, 6) is -1.79. The highest BCUT2D eigenvalue weighted by atomic mass is 19.4. The van der Waals surface area contributed by atoms with E-state index < -0.39 is 35.2 Å². The Bertz CT molecular complexity index is 721. The molecule has 0 saturated carbocycles. The van der Waals surface area contributed by atoms with Crippen molar-refractivity contribution in [2.24, 2.45) is 5.92 Å². The maximum atomic E-state index is 13.1. The molecule has 0 bridgehead atoms. The van der Waals surface area contributed by atoms with Crippen LogP contribution < -0.4 is 5.32 Å². The van der Waals surface area contributed by atoms with Gasteiger partial charge in [0, 0.05) is 25.6 Å². The van der Waals surface area contributed by atoms with Crippen molar-refractivity contribution in [2.75, 3.05) is 13.1 Å². The lowest BCUT2D eigenvalue weighted by molar-refractivity contribution is -0.138. The fourth-order valence-corrected chi connectivity index (χ4v) is 2.94. The standard InChI is InChI=1S/C19H24F4N2O3/c1-18(2,3)28-17(27)25-8-6-12(7-9-25)16(26)24-11-13-4-5-14(20)10-15(13)19(21,22)23/h4-5,10,12H,6-9,11H2,1-3H3,(H,24,26). The molecule has 1 fully saturated rings. The lowest BCUT2D eigenvalue weighted by Gasteiger charge is -2.33. The van der Waals surface area contributed by atoms with Gasteiger partial charge < -0.3 is 15.0 Å². The van der Waals surface area contributed by atoms with Crippen LogP contribution in [-0.2, 0) is 22.3 Å². The first-order valence-corrected chi connectivity index (χ1v) is 8.98. The van der Waals surface area contributed by atoms with Crippen LogP contribution in [0.25, 0.3) is 0 Å². The molecule has 1 aliphatic heterocycles. The second kappa shape index (κ2) is 8.36. The second-order valence-electron chi connectivity index (χ2n) is 7.76. The van der Waals surface area contributed by atoms with Crippen molar-refractivity contribution >= 4 is 12.0 Å². The Morgan fingerprint density at radius 1 is 1.18 bits per heavy atom. The summed E-state index contributed by atoms with van der Waals surface area (Å²) < 4.78 is 57.5. The zero-order valence-corrected chi connectivity index (χ0v) is 16.0. The molecule has 5 nitrogen and oxygen atoms in total. The number of rotatable bonds is 3. The lowest BCUT2D eigenvalue weighted by atomic mass is 9.96. The van der Waals surface area contributed by atoms with Crippen molar-refractivity contribution in [3.05, 3.63) is 35.1 Å². The van der Waals surface area contributed by atoms with Crippen LogP contribution in [0.4, 0.5) is 22.4 Å². The molecule has 0 aromatic heterocycles. The highest BCUT2D eigenvalue weighted by Gasteiger charge is 2.34. The second-order valence-corrected chi connectivity index (χ2v) is 7.76. The molecule has 2 rings (SSSR count). The van der Waals surface area contributed by atoms with E-state index in [4.69, 9.17) is 4.74 Å². The topological polar surface area (TPSA) is 58.6 Å². The van der Waals surface area contributed by atoms with Crippen LogP contribution in [0.5, 0.6) is 0 Å². The van der Waals surface area contributed by atoms with Crippen LogP contribution in [-0.4, -0.2) is 35.6 Å². The highest BCUT2D eigenvalue weighted by molar-refractivity contribution is 5.79. The van der Waals surface area contributed by atoms with Gasteiger partial charge in [0.25, 0.3) is 0 Å². The van der Waals surface area contributed by atoms with Gasteiger partial charge in [-0.1, -0.05) is 6.07 Å². The third-order valence-corrected chi connectivity index (χ3v) is 4.35. The molecule has 1 aromatic carbocycles. The largest absolute Gasteiger partial charge is 0.444 e. The third-order valence-electron chi connectivity index (χ3n) is 4.35. The normalized spacial score (nSPS) is 16.0. The summed E-state index contributed by atoms with van der Waals surface area (Å²) in [5.41, 5.74) is -1.92. The molecule has 1 N–H and O–H groups in total. The Morgan fingerprint density at radius 3 is 2.32 bits per heavy atom. The quantitative estimate of drug-likeness (QED) is 0.772. The highest BCUT2D eigenvalue weighted by Crippen LogP contribution is 2.32. The van der Waals surface area contributed by atoms with Gasteiger partial charge in [-0.25, -0.2) is 9.18 Å². The number of amides is 2. The maximum absolute atomic E-state index is 13.1. The van der Waals surface area contributed by atoms with Crippen LogP contribution in [0.3, 0.4) is 0 Å². The molecule has 9 heteroatoms. The Balaban J connectivity index is 1.90. The Kier molecular flexibility index (Phi) is 6.56. The lowest BCUT2D eigenvalue weighted by Crippen LogP contribution is -2.44. The number of likely N-dealkylation sites (tertiary alicyclic amines) is 1. The van der Waals surface area contributed by atoms with Crippen LogP contribution in [0.2, 0.25) is 0 Å². The third kappa shape index (κ3) is 6.10. The zero-order valence-electron chi connectivity index (χ0n) is 16.0. The Morgan fingerprint density at radius 2 is 1.79 bits per heavy atom. The SMILES string of the molecule is CC(C)(C)OC(=O)N1CCC(C(=O)NCc2ccc(F)cc2C(F)(F)F)CC1. The fraction of sp³-hybridized carbons (Fsp3) is 0.579. The molecule has 28 heavy (non-hydrogen) atoms. The summed E-state index contributed by atoms with van der Waals surface area (Å²) in [6.45, 7) is 5.59. The molecule has 0 spiro atoms. The number of carbonyl (C=O) groups excluding carboxylic acids is 2. The number of hydrogen-bond donors (Lipinski definition) is 1. The summed E-state index contributed by atoms with van der Waals surface area (Å²) in [5, 5.41) is 2.49. The van der Waals surface area contributed by atoms with E-state index in [1.807, 2.05) is 0 Å². The number of ether oxygens (including phenoxy) is 1. The van der Waals surface area contributed by atoms with Crippen LogP contribution >= 0.6 is 0 Å². The molecule has 156 valence electrons.